The van der Waals surface area contributed by atoms with Gasteiger partial charge >= 0.3 is 15.5 Å². The van der Waals surface area contributed by atoms with Crippen molar-refractivity contribution in [3.63, 3.8) is 0 Å². The lowest BCUT2D eigenvalue weighted by atomic mass is 10.5. The third kappa shape index (κ3) is 2.95. The van der Waals surface area contributed by atoms with Crippen LogP contribution in [0.25, 0.3) is 0 Å². The largest absolute Gasteiger partial charge is 0.511 e. The normalized spacial score (nSPS) is 16.1. The highest BCUT2D eigenvalue weighted by Gasteiger charge is 2.46. The van der Waals surface area contributed by atoms with Crippen LogP contribution < -0.4 is 4.72 Å². The third-order valence-corrected chi connectivity index (χ3v) is 2.17. The Hall–Kier alpha value is -0.340. The fourth-order valence-corrected chi connectivity index (χ4v) is 0.988. The predicted molar refractivity (Wildman–Crippen MR) is 34.4 cm³/mol. The van der Waals surface area contributed by atoms with Gasteiger partial charge in [-0.25, -0.2) is 8.42 Å². The molecule has 0 spiro atoms. The summed E-state index contributed by atoms with van der Waals surface area (Å²) in [6.45, 7) is 1.34. The van der Waals surface area contributed by atoms with Gasteiger partial charge in [0.25, 0.3) is 0 Å². The Morgan fingerprint density at radius 3 is 2.17 bits per heavy atom. The molecule has 0 aliphatic rings. The molecule has 0 aromatic carbocycles. The van der Waals surface area contributed by atoms with Gasteiger partial charge in [-0.1, -0.05) is 6.92 Å². The first-order valence-corrected chi connectivity index (χ1v) is 4.45. The summed E-state index contributed by atoms with van der Waals surface area (Å²) in [4.78, 5) is 0. The Balaban J connectivity index is 4.46. The molecule has 0 aromatic rings. The molecule has 0 radical (unpaired) electrons. The van der Waals surface area contributed by atoms with E-state index in [1.54, 1.807) is 0 Å². The van der Waals surface area contributed by atoms with Gasteiger partial charge < -0.3 is 5.11 Å². The standard InChI is InChI=1S/C4H8F3NO3S/c1-2-3(9)8-12(10,11)4(5,6)7/h3,8-9H,2H2,1H3. The number of sulfonamides is 1. The van der Waals surface area contributed by atoms with E-state index in [1.165, 1.54) is 6.92 Å². The quantitative estimate of drug-likeness (QED) is 0.647. The van der Waals surface area contributed by atoms with Crippen LogP contribution in [0.15, 0.2) is 0 Å². The van der Waals surface area contributed by atoms with Crippen LogP contribution in [0, 0.1) is 0 Å². The molecule has 0 amide bonds. The minimum absolute atomic E-state index is 0.130. The number of halogens is 3. The number of hydrogen-bond donors (Lipinski definition) is 2. The maximum absolute atomic E-state index is 11.6. The molecule has 0 saturated carbocycles. The van der Waals surface area contributed by atoms with Crippen molar-refractivity contribution in [3.8, 4) is 0 Å². The second kappa shape index (κ2) is 3.58. The van der Waals surface area contributed by atoms with Crippen molar-refractivity contribution in [2.75, 3.05) is 0 Å². The molecule has 0 aliphatic heterocycles. The van der Waals surface area contributed by atoms with Crippen molar-refractivity contribution < 1.29 is 26.7 Å². The summed E-state index contributed by atoms with van der Waals surface area (Å²) < 4.78 is 56.2. The summed E-state index contributed by atoms with van der Waals surface area (Å²) in [5.74, 6) is 0. The second-order valence-electron chi connectivity index (χ2n) is 1.99. The van der Waals surface area contributed by atoms with Gasteiger partial charge in [0.15, 0.2) is 0 Å². The molecule has 12 heavy (non-hydrogen) atoms. The Labute approximate surface area is 67.4 Å². The van der Waals surface area contributed by atoms with Gasteiger partial charge in [0.05, 0.1) is 0 Å². The summed E-state index contributed by atoms with van der Waals surface area (Å²) in [6.07, 6.45) is -1.83. The third-order valence-electron chi connectivity index (χ3n) is 0.983. The fourth-order valence-electron chi connectivity index (χ4n) is 0.329. The lowest BCUT2D eigenvalue weighted by Gasteiger charge is -2.12. The van der Waals surface area contributed by atoms with Gasteiger partial charge in [-0.2, -0.15) is 17.9 Å². The Bertz CT molecular complexity index is 234. The number of aliphatic hydroxyl groups excluding tert-OH is 1. The highest BCUT2D eigenvalue weighted by Crippen LogP contribution is 2.21. The van der Waals surface area contributed by atoms with Crippen LogP contribution in [-0.4, -0.2) is 25.3 Å². The molecular weight excluding hydrogens is 199 g/mol. The van der Waals surface area contributed by atoms with E-state index in [9.17, 15) is 21.6 Å². The van der Waals surface area contributed by atoms with Crippen molar-refractivity contribution in [1.29, 1.82) is 0 Å². The lowest BCUT2D eigenvalue weighted by Crippen LogP contribution is -2.42. The van der Waals surface area contributed by atoms with Gasteiger partial charge in [-0.15, -0.1) is 0 Å². The molecule has 0 fully saturated rings. The molecule has 0 heterocycles. The van der Waals surface area contributed by atoms with E-state index in [1.807, 2.05) is 0 Å². The zero-order valence-corrected chi connectivity index (χ0v) is 6.91. The van der Waals surface area contributed by atoms with Crippen molar-refractivity contribution in [2.45, 2.75) is 25.1 Å². The van der Waals surface area contributed by atoms with E-state index < -0.39 is 21.8 Å². The van der Waals surface area contributed by atoms with Gasteiger partial charge in [-0.3, -0.25) is 0 Å². The molecule has 0 rings (SSSR count). The van der Waals surface area contributed by atoms with Crippen molar-refractivity contribution in [1.82, 2.24) is 4.72 Å². The van der Waals surface area contributed by atoms with E-state index in [2.05, 4.69) is 0 Å². The summed E-state index contributed by atoms with van der Waals surface area (Å²) >= 11 is 0. The molecule has 0 aliphatic carbocycles. The zero-order chi connectivity index (χ0) is 9.99. The van der Waals surface area contributed by atoms with Crippen molar-refractivity contribution >= 4 is 10.0 Å². The van der Waals surface area contributed by atoms with E-state index >= 15 is 0 Å². The number of hydrogen-bond acceptors (Lipinski definition) is 3. The van der Waals surface area contributed by atoms with Crippen LogP contribution in [0.5, 0.6) is 0 Å². The van der Waals surface area contributed by atoms with Crippen molar-refractivity contribution in [2.24, 2.45) is 0 Å². The van der Waals surface area contributed by atoms with Crippen LogP contribution in [-0.2, 0) is 10.0 Å². The minimum atomic E-state index is -5.41. The van der Waals surface area contributed by atoms with E-state index in [4.69, 9.17) is 5.11 Å². The van der Waals surface area contributed by atoms with E-state index in [0.717, 1.165) is 4.72 Å². The highest BCUT2D eigenvalue weighted by molar-refractivity contribution is 7.90. The summed E-state index contributed by atoms with van der Waals surface area (Å²) in [5, 5.41) is 8.57. The average Bonchev–Trinajstić information content (AvgIpc) is 1.84. The van der Waals surface area contributed by atoms with Crippen LogP contribution in [0.3, 0.4) is 0 Å². The molecule has 0 saturated heterocycles. The number of rotatable bonds is 3. The zero-order valence-electron chi connectivity index (χ0n) is 6.09. The monoisotopic (exact) mass is 207 g/mol. The molecule has 8 heteroatoms. The molecule has 0 bridgehead atoms. The molecule has 0 aromatic heterocycles. The summed E-state index contributed by atoms with van der Waals surface area (Å²) in [5.41, 5.74) is -5.37. The minimum Gasteiger partial charge on any atom is -0.378 e. The first-order chi connectivity index (χ1) is 5.20. The summed E-state index contributed by atoms with van der Waals surface area (Å²) in [7, 11) is -5.41. The van der Waals surface area contributed by atoms with Crippen molar-refractivity contribution in [3.05, 3.63) is 0 Å². The van der Waals surface area contributed by atoms with E-state index in [0.29, 0.717) is 0 Å². The molecule has 4 nitrogen and oxygen atoms in total. The van der Waals surface area contributed by atoms with Gasteiger partial charge in [0.1, 0.15) is 6.23 Å². The first kappa shape index (κ1) is 11.7. The smallest absolute Gasteiger partial charge is 0.378 e. The Morgan fingerprint density at radius 1 is 1.50 bits per heavy atom. The highest BCUT2D eigenvalue weighted by atomic mass is 32.2. The maximum Gasteiger partial charge on any atom is 0.511 e. The SMILES string of the molecule is CCC(O)NS(=O)(=O)C(F)(F)F. The molecule has 1 unspecified atom stereocenters. The Kier molecular flexibility index (Phi) is 3.48. The van der Waals surface area contributed by atoms with Crippen LogP contribution >= 0.6 is 0 Å². The predicted octanol–water partition coefficient (Wildman–Crippen LogP) is 0.154. The van der Waals surface area contributed by atoms with E-state index in [-0.39, 0.29) is 6.42 Å². The van der Waals surface area contributed by atoms with Gasteiger partial charge in [0, 0.05) is 0 Å². The molecule has 1 atom stereocenters. The number of alkyl halides is 3. The first-order valence-electron chi connectivity index (χ1n) is 2.97. The number of nitrogens with one attached hydrogen (secondary N) is 1. The topological polar surface area (TPSA) is 66.4 Å². The maximum atomic E-state index is 11.6. The van der Waals surface area contributed by atoms with Gasteiger partial charge in [0.2, 0.25) is 0 Å². The second-order valence-corrected chi connectivity index (χ2v) is 3.70. The average molecular weight is 207 g/mol. The Morgan fingerprint density at radius 2 is 1.92 bits per heavy atom. The van der Waals surface area contributed by atoms with Gasteiger partial charge in [-0.05, 0) is 6.42 Å². The molecular formula is C4H8F3NO3S. The summed E-state index contributed by atoms with van der Waals surface area (Å²) in [6, 6.07) is 0. The van der Waals surface area contributed by atoms with Crippen LogP contribution in [0.2, 0.25) is 0 Å². The van der Waals surface area contributed by atoms with Crippen LogP contribution in [0.1, 0.15) is 13.3 Å². The lowest BCUT2D eigenvalue weighted by molar-refractivity contribution is -0.0465. The molecule has 2 N–H and O–H groups in total. The number of aliphatic hydroxyl groups is 1. The van der Waals surface area contributed by atoms with Crippen LogP contribution in [0.4, 0.5) is 13.2 Å². The molecule has 74 valence electrons. The fraction of sp³-hybridized carbons (Fsp3) is 1.00.